The first-order valence-electron chi connectivity index (χ1n) is 13.2. The summed E-state index contributed by atoms with van der Waals surface area (Å²) in [5.74, 6) is -0.0995. The van der Waals surface area contributed by atoms with Gasteiger partial charge in [-0.25, -0.2) is 0 Å². The zero-order valence-corrected chi connectivity index (χ0v) is 25.3. The second-order valence-corrected chi connectivity index (χ2v) is 11.0. The van der Waals surface area contributed by atoms with E-state index >= 15 is 0 Å². The molecule has 1 unspecified atom stereocenters. The second-order valence-electron chi connectivity index (χ2n) is 9.19. The maximum atomic E-state index is 13.4. The molecule has 0 aliphatic rings. The van der Waals surface area contributed by atoms with E-state index in [1.54, 1.807) is 97.9 Å². The van der Waals surface area contributed by atoms with Gasteiger partial charge in [-0.1, -0.05) is 48.0 Å². The average Bonchev–Trinajstić information content (AvgIpc) is 3.02. The van der Waals surface area contributed by atoms with Crippen LogP contribution in [0.4, 0.5) is 11.4 Å². The fourth-order valence-electron chi connectivity index (χ4n) is 3.97. The van der Waals surface area contributed by atoms with E-state index in [0.29, 0.717) is 39.0 Å². The number of methoxy groups -OCH3 is 2. The number of halogens is 1. The zero-order chi connectivity index (χ0) is 30.8. The molecular weight excluding hydrogens is 586 g/mol. The number of hydrogen-bond acceptors (Lipinski definition) is 6. The molecule has 0 radical (unpaired) electrons. The molecule has 4 aromatic rings. The number of hydrogen-bond donors (Lipinski definition) is 3. The van der Waals surface area contributed by atoms with Crippen molar-refractivity contribution in [2.75, 3.05) is 24.9 Å². The van der Waals surface area contributed by atoms with Crippen molar-refractivity contribution in [1.29, 1.82) is 0 Å². The van der Waals surface area contributed by atoms with Gasteiger partial charge in [0.2, 0.25) is 5.91 Å². The monoisotopic (exact) mass is 615 g/mol. The van der Waals surface area contributed by atoms with Crippen LogP contribution in [0.25, 0.3) is 6.08 Å². The summed E-state index contributed by atoms with van der Waals surface area (Å²) in [6.07, 6.45) is 1.56. The maximum absolute atomic E-state index is 13.4. The summed E-state index contributed by atoms with van der Waals surface area (Å²) >= 11 is 7.43. The quantitative estimate of drug-likeness (QED) is 0.125. The van der Waals surface area contributed by atoms with Crippen molar-refractivity contribution in [1.82, 2.24) is 5.32 Å². The molecule has 4 aromatic carbocycles. The molecule has 220 valence electrons. The summed E-state index contributed by atoms with van der Waals surface area (Å²) in [6, 6.07) is 27.9. The molecule has 0 saturated heterocycles. The summed E-state index contributed by atoms with van der Waals surface area (Å²) in [5.41, 5.74) is 2.07. The SMILES string of the molecule is COc1ccccc1/C=C(\NC(=O)c1ccccc1)C(=O)Nc1ccc(SC(C)C(=O)Nc2cc(Cl)ccc2OC)cc1. The van der Waals surface area contributed by atoms with E-state index in [-0.39, 0.29) is 11.6 Å². The van der Waals surface area contributed by atoms with Gasteiger partial charge >= 0.3 is 0 Å². The van der Waals surface area contributed by atoms with Crippen LogP contribution in [0.3, 0.4) is 0 Å². The Kier molecular flexibility index (Phi) is 10.9. The van der Waals surface area contributed by atoms with Crippen LogP contribution in [0.15, 0.2) is 108 Å². The van der Waals surface area contributed by atoms with E-state index < -0.39 is 17.1 Å². The number of thioether (sulfide) groups is 1. The topological polar surface area (TPSA) is 106 Å². The predicted molar refractivity (Wildman–Crippen MR) is 172 cm³/mol. The number of anilines is 2. The minimum atomic E-state index is -0.515. The Bertz CT molecular complexity index is 1630. The molecule has 0 heterocycles. The van der Waals surface area contributed by atoms with Crippen molar-refractivity contribution in [2.24, 2.45) is 0 Å². The molecule has 3 amide bonds. The molecule has 10 heteroatoms. The van der Waals surface area contributed by atoms with Crippen molar-refractivity contribution in [3.8, 4) is 11.5 Å². The third-order valence-corrected chi connectivity index (χ3v) is 7.53. The lowest BCUT2D eigenvalue weighted by molar-refractivity contribution is -0.115. The summed E-state index contributed by atoms with van der Waals surface area (Å²) in [7, 11) is 3.05. The van der Waals surface area contributed by atoms with Crippen molar-refractivity contribution in [3.05, 3.63) is 119 Å². The van der Waals surface area contributed by atoms with Gasteiger partial charge < -0.3 is 25.4 Å². The highest BCUT2D eigenvalue weighted by Crippen LogP contribution is 2.30. The fraction of sp³-hybridized carbons (Fsp3) is 0.121. The average molecular weight is 616 g/mol. The van der Waals surface area contributed by atoms with Gasteiger partial charge in [-0.2, -0.15) is 0 Å². The van der Waals surface area contributed by atoms with Gasteiger partial charge in [0.15, 0.2) is 0 Å². The molecular formula is C33H30ClN3O5S. The second kappa shape index (κ2) is 14.9. The number of nitrogens with one attached hydrogen (secondary N) is 3. The van der Waals surface area contributed by atoms with E-state index in [2.05, 4.69) is 16.0 Å². The minimum Gasteiger partial charge on any atom is -0.496 e. The van der Waals surface area contributed by atoms with E-state index in [0.717, 1.165) is 4.90 Å². The lowest BCUT2D eigenvalue weighted by atomic mass is 10.1. The molecule has 43 heavy (non-hydrogen) atoms. The van der Waals surface area contributed by atoms with Gasteiger partial charge in [-0.05, 0) is 73.7 Å². The third-order valence-electron chi connectivity index (χ3n) is 6.18. The molecule has 4 rings (SSSR count). The summed E-state index contributed by atoms with van der Waals surface area (Å²) in [6.45, 7) is 1.79. The summed E-state index contributed by atoms with van der Waals surface area (Å²) in [4.78, 5) is 39.9. The van der Waals surface area contributed by atoms with E-state index in [1.807, 2.05) is 12.1 Å². The van der Waals surface area contributed by atoms with E-state index in [9.17, 15) is 14.4 Å². The van der Waals surface area contributed by atoms with Gasteiger partial charge in [0.05, 0.1) is 25.2 Å². The minimum absolute atomic E-state index is 0.0403. The predicted octanol–water partition coefficient (Wildman–Crippen LogP) is 6.89. The van der Waals surface area contributed by atoms with Gasteiger partial charge in [0.25, 0.3) is 11.8 Å². The van der Waals surface area contributed by atoms with Crippen LogP contribution in [0, 0.1) is 0 Å². The first-order valence-corrected chi connectivity index (χ1v) is 14.5. The number of ether oxygens (including phenoxy) is 2. The highest BCUT2D eigenvalue weighted by molar-refractivity contribution is 8.00. The molecule has 3 N–H and O–H groups in total. The van der Waals surface area contributed by atoms with Gasteiger partial charge in [0.1, 0.15) is 17.2 Å². The van der Waals surface area contributed by atoms with Crippen molar-refractivity contribution < 1.29 is 23.9 Å². The number of amides is 3. The number of benzene rings is 4. The molecule has 0 fully saturated rings. The molecule has 8 nitrogen and oxygen atoms in total. The standard InChI is InChI=1S/C33H30ClN3O5S/c1-21(31(38)36-27-20-24(34)13-18-30(27)42-3)43-26-16-14-25(15-17-26)35-33(40)28(19-23-11-7-8-12-29(23)41-2)37-32(39)22-9-5-4-6-10-22/h4-21H,1-3H3,(H,35,40)(H,36,38)(H,37,39)/b28-19-. The number of carbonyl (C=O) groups excluding carboxylic acids is 3. The highest BCUT2D eigenvalue weighted by atomic mass is 35.5. The highest BCUT2D eigenvalue weighted by Gasteiger charge is 2.18. The van der Waals surface area contributed by atoms with Crippen molar-refractivity contribution in [2.45, 2.75) is 17.1 Å². The zero-order valence-electron chi connectivity index (χ0n) is 23.7. The van der Waals surface area contributed by atoms with Crippen LogP contribution in [0.2, 0.25) is 5.02 Å². The van der Waals surface area contributed by atoms with Crippen LogP contribution in [0.5, 0.6) is 11.5 Å². The van der Waals surface area contributed by atoms with E-state index in [1.165, 1.54) is 26.0 Å². The Labute approximate surface area is 259 Å². The van der Waals surface area contributed by atoms with Crippen LogP contribution in [0.1, 0.15) is 22.8 Å². The first kappa shape index (κ1) is 31.2. The Morgan fingerprint density at radius 2 is 1.49 bits per heavy atom. The Hall–Kier alpha value is -4.73. The van der Waals surface area contributed by atoms with Gasteiger partial charge in [-0.15, -0.1) is 11.8 Å². The molecule has 0 aliphatic heterocycles. The molecule has 0 spiro atoms. The van der Waals surface area contributed by atoms with Crippen molar-refractivity contribution in [3.63, 3.8) is 0 Å². The van der Waals surface area contributed by atoms with Crippen LogP contribution in [-0.4, -0.2) is 37.2 Å². The summed E-state index contributed by atoms with van der Waals surface area (Å²) in [5, 5.41) is 8.45. The smallest absolute Gasteiger partial charge is 0.272 e. The maximum Gasteiger partial charge on any atom is 0.272 e. The number of para-hydroxylation sites is 1. The largest absolute Gasteiger partial charge is 0.496 e. The molecule has 1 atom stereocenters. The van der Waals surface area contributed by atoms with E-state index in [4.69, 9.17) is 21.1 Å². The fourth-order valence-corrected chi connectivity index (χ4v) is 5.01. The molecule has 0 aromatic heterocycles. The van der Waals surface area contributed by atoms with Gasteiger partial charge in [0, 0.05) is 26.7 Å². The first-order chi connectivity index (χ1) is 20.8. The Morgan fingerprint density at radius 1 is 0.814 bits per heavy atom. The number of carbonyl (C=O) groups is 3. The van der Waals surface area contributed by atoms with Gasteiger partial charge in [-0.3, -0.25) is 14.4 Å². The van der Waals surface area contributed by atoms with Crippen molar-refractivity contribution >= 4 is 58.5 Å². The van der Waals surface area contributed by atoms with Crippen LogP contribution >= 0.6 is 23.4 Å². The Morgan fingerprint density at radius 3 is 2.19 bits per heavy atom. The molecule has 0 saturated carbocycles. The number of rotatable bonds is 11. The normalized spacial score (nSPS) is 11.7. The summed E-state index contributed by atoms with van der Waals surface area (Å²) < 4.78 is 10.7. The lowest BCUT2D eigenvalue weighted by Crippen LogP contribution is -2.30. The third kappa shape index (κ3) is 8.64. The van der Waals surface area contributed by atoms with Crippen LogP contribution < -0.4 is 25.4 Å². The lowest BCUT2D eigenvalue weighted by Gasteiger charge is -2.15. The Balaban J connectivity index is 1.45. The molecule has 0 bridgehead atoms. The van der Waals surface area contributed by atoms with Crippen LogP contribution in [-0.2, 0) is 9.59 Å². The molecule has 0 aliphatic carbocycles.